The SMILES string of the molecule is CCc1c(C(=O)NC2CC2)cnn1-c1ccc(C)cc1. The van der Waals surface area contributed by atoms with E-state index in [0.717, 1.165) is 30.6 Å². The summed E-state index contributed by atoms with van der Waals surface area (Å²) in [6, 6.07) is 8.55. The molecule has 0 bridgehead atoms. The third-order valence-electron chi connectivity index (χ3n) is 3.64. The van der Waals surface area contributed by atoms with E-state index >= 15 is 0 Å². The maximum absolute atomic E-state index is 12.2. The monoisotopic (exact) mass is 269 g/mol. The highest BCUT2D eigenvalue weighted by Gasteiger charge is 2.26. The summed E-state index contributed by atoms with van der Waals surface area (Å²) in [7, 11) is 0. The van der Waals surface area contributed by atoms with Crippen LogP contribution < -0.4 is 5.32 Å². The number of carbonyl (C=O) groups excluding carboxylic acids is 1. The molecular weight excluding hydrogens is 250 g/mol. The maximum atomic E-state index is 12.2. The van der Waals surface area contributed by atoms with E-state index in [9.17, 15) is 4.79 Å². The number of aromatic nitrogens is 2. The largest absolute Gasteiger partial charge is 0.349 e. The molecule has 1 heterocycles. The summed E-state index contributed by atoms with van der Waals surface area (Å²) >= 11 is 0. The number of hydrogen-bond acceptors (Lipinski definition) is 2. The van der Waals surface area contributed by atoms with Gasteiger partial charge in [0.05, 0.1) is 23.1 Å². The molecule has 1 aromatic heterocycles. The number of hydrogen-bond donors (Lipinski definition) is 1. The molecular formula is C16H19N3O. The molecule has 0 saturated heterocycles. The Hall–Kier alpha value is -2.10. The topological polar surface area (TPSA) is 46.9 Å². The fourth-order valence-corrected chi connectivity index (χ4v) is 2.30. The highest BCUT2D eigenvalue weighted by molar-refractivity contribution is 5.95. The van der Waals surface area contributed by atoms with Crippen LogP contribution in [0.3, 0.4) is 0 Å². The van der Waals surface area contributed by atoms with Gasteiger partial charge in [-0.3, -0.25) is 4.79 Å². The first kappa shape index (κ1) is 12.9. The van der Waals surface area contributed by atoms with E-state index in [2.05, 4.69) is 36.4 Å². The summed E-state index contributed by atoms with van der Waals surface area (Å²) in [4.78, 5) is 12.2. The summed E-state index contributed by atoms with van der Waals surface area (Å²) in [6.07, 6.45) is 4.65. The minimum atomic E-state index is 0.00251. The highest BCUT2D eigenvalue weighted by Crippen LogP contribution is 2.21. The molecule has 0 spiro atoms. The lowest BCUT2D eigenvalue weighted by Gasteiger charge is -2.08. The smallest absolute Gasteiger partial charge is 0.254 e. The molecule has 0 aliphatic heterocycles. The van der Waals surface area contributed by atoms with Crippen molar-refractivity contribution in [1.82, 2.24) is 15.1 Å². The molecule has 20 heavy (non-hydrogen) atoms. The second-order valence-electron chi connectivity index (χ2n) is 5.35. The minimum Gasteiger partial charge on any atom is -0.349 e. The van der Waals surface area contributed by atoms with Crippen molar-refractivity contribution in [3.63, 3.8) is 0 Å². The van der Waals surface area contributed by atoms with Gasteiger partial charge < -0.3 is 5.32 Å². The first-order valence-corrected chi connectivity index (χ1v) is 7.14. The number of amides is 1. The van der Waals surface area contributed by atoms with Crippen LogP contribution in [-0.4, -0.2) is 21.7 Å². The molecule has 0 atom stereocenters. The molecule has 1 aliphatic rings. The normalized spacial score (nSPS) is 14.3. The standard InChI is InChI=1S/C16H19N3O/c1-3-15-14(16(20)18-12-6-7-12)10-17-19(15)13-8-4-11(2)5-9-13/h4-5,8-10,12H,3,6-7H2,1-2H3,(H,18,20). The Balaban J connectivity index is 1.93. The molecule has 1 amide bonds. The van der Waals surface area contributed by atoms with E-state index < -0.39 is 0 Å². The predicted molar refractivity (Wildman–Crippen MR) is 78.2 cm³/mol. The Morgan fingerprint density at radius 1 is 1.35 bits per heavy atom. The zero-order valence-electron chi connectivity index (χ0n) is 11.9. The fraction of sp³-hybridized carbons (Fsp3) is 0.375. The molecule has 0 radical (unpaired) electrons. The van der Waals surface area contributed by atoms with E-state index in [1.54, 1.807) is 6.20 Å². The molecule has 1 saturated carbocycles. The lowest BCUT2D eigenvalue weighted by molar-refractivity contribution is 0.0950. The molecule has 104 valence electrons. The fourth-order valence-electron chi connectivity index (χ4n) is 2.30. The molecule has 4 nitrogen and oxygen atoms in total. The lowest BCUT2D eigenvalue weighted by Crippen LogP contribution is -2.26. The third-order valence-corrected chi connectivity index (χ3v) is 3.64. The predicted octanol–water partition coefficient (Wildman–Crippen LogP) is 2.64. The van der Waals surface area contributed by atoms with E-state index in [-0.39, 0.29) is 5.91 Å². The van der Waals surface area contributed by atoms with Gasteiger partial charge in [0.1, 0.15) is 0 Å². The first-order valence-electron chi connectivity index (χ1n) is 7.14. The molecule has 2 aromatic rings. The zero-order chi connectivity index (χ0) is 14.1. The quantitative estimate of drug-likeness (QED) is 0.927. The van der Waals surface area contributed by atoms with Crippen molar-refractivity contribution in [2.45, 2.75) is 39.2 Å². The number of aryl methyl sites for hydroxylation is 1. The second kappa shape index (κ2) is 5.12. The summed E-state index contributed by atoms with van der Waals surface area (Å²) in [6.45, 7) is 4.11. The van der Waals surface area contributed by atoms with Crippen molar-refractivity contribution >= 4 is 5.91 Å². The van der Waals surface area contributed by atoms with Crippen molar-refractivity contribution in [1.29, 1.82) is 0 Å². The summed E-state index contributed by atoms with van der Waals surface area (Å²) in [5, 5.41) is 7.42. The first-order chi connectivity index (χ1) is 9.69. The van der Waals surface area contributed by atoms with Crippen molar-refractivity contribution in [2.24, 2.45) is 0 Å². The van der Waals surface area contributed by atoms with Crippen LogP contribution in [0.2, 0.25) is 0 Å². The van der Waals surface area contributed by atoms with Crippen LogP contribution in [0.1, 0.15) is 41.4 Å². The minimum absolute atomic E-state index is 0.00251. The van der Waals surface area contributed by atoms with Crippen molar-refractivity contribution in [3.05, 3.63) is 47.3 Å². The Bertz CT molecular complexity index is 624. The van der Waals surface area contributed by atoms with Crippen LogP contribution in [0.15, 0.2) is 30.5 Å². The molecule has 1 aromatic carbocycles. The average molecular weight is 269 g/mol. The Labute approximate surface area is 118 Å². The van der Waals surface area contributed by atoms with Crippen LogP contribution in [0.5, 0.6) is 0 Å². The van der Waals surface area contributed by atoms with Crippen LogP contribution >= 0.6 is 0 Å². The van der Waals surface area contributed by atoms with Gasteiger partial charge in [0, 0.05) is 6.04 Å². The Kier molecular flexibility index (Phi) is 3.30. The van der Waals surface area contributed by atoms with Crippen molar-refractivity contribution in [2.75, 3.05) is 0 Å². The van der Waals surface area contributed by atoms with Gasteiger partial charge >= 0.3 is 0 Å². The van der Waals surface area contributed by atoms with Gasteiger partial charge in [-0.25, -0.2) is 4.68 Å². The molecule has 0 unspecified atom stereocenters. The maximum Gasteiger partial charge on any atom is 0.254 e. The van der Waals surface area contributed by atoms with Crippen molar-refractivity contribution in [3.8, 4) is 5.69 Å². The van der Waals surface area contributed by atoms with E-state index in [0.29, 0.717) is 11.6 Å². The number of carbonyl (C=O) groups is 1. The summed E-state index contributed by atoms with van der Waals surface area (Å²) < 4.78 is 1.86. The Morgan fingerprint density at radius 2 is 2.05 bits per heavy atom. The number of nitrogens with zero attached hydrogens (tertiary/aromatic N) is 2. The Morgan fingerprint density at radius 3 is 2.65 bits per heavy atom. The van der Waals surface area contributed by atoms with E-state index in [1.165, 1.54) is 5.56 Å². The van der Waals surface area contributed by atoms with Gasteiger partial charge in [0.15, 0.2) is 0 Å². The van der Waals surface area contributed by atoms with E-state index in [1.807, 2.05) is 16.8 Å². The van der Waals surface area contributed by atoms with Gasteiger partial charge in [-0.2, -0.15) is 5.10 Å². The van der Waals surface area contributed by atoms with Gasteiger partial charge in [0.2, 0.25) is 0 Å². The van der Waals surface area contributed by atoms with Gasteiger partial charge in [0.25, 0.3) is 5.91 Å². The third kappa shape index (κ3) is 2.46. The van der Waals surface area contributed by atoms with Gasteiger partial charge in [-0.15, -0.1) is 0 Å². The molecule has 4 heteroatoms. The number of benzene rings is 1. The summed E-state index contributed by atoms with van der Waals surface area (Å²) in [5.74, 6) is 0.00251. The van der Waals surface area contributed by atoms with Gasteiger partial charge in [-0.1, -0.05) is 24.6 Å². The molecule has 3 rings (SSSR count). The van der Waals surface area contributed by atoms with Crippen LogP contribution in [0.25, 0.3) is 5.69 Å². The van der Waals surface area contributed by atoms with Crippen LogP contribution in [0, 0.1) is 6.92 Å². The van der Waals surface area contributed by atoms with Crippen molar-refractivity contribution < 1.29 is 4.79 Å². The average Bonchev–Trinajstić information content (AvgIpc) is 3.15. The van der Waals surface area contributed by atoms with E-state index in [4.69, 9.17) is 0 Å². The van der Waals surface area contributed by atoms with Crippen LogP contribution in [-0.2, 0) is 6.42 Å². The zero-order valence-corrected chi connectivity index (χ0v) is 11.9. The lowest BCUT2D eigenvalue weighted by atomic mass is 10.1. The highest BCUT2D eigenvalue weighted by atomic mass is 16.1. The summed E-state index contributed by atoms with van der Waals surface area (Å²) in [5.41, 5.74) is 3.87. The van der Waals surface area contributed by atoms with Crippen LogP contribution in [0.4, 0.5) is 0 Å². The molecule has 1 aliphatic carbocycles. The molecule has 1 N–H and O–H groups in total. The number of rotatable bonds is 4. The van der Waals surface area contributed by atoms with Gasteiger partial charge in [-0.05, 0) is 38.3 Å². The second-order valence-corrected chi connectivity index (χ2v) is 5.35. The number of nitrogens with one attached hydrogen (secondary N) is 1. The molecule has 1 fully saturated rings.